The molecule has 0 aromatic heterocycles. The minimum Gasteiger partial charge on any atom is -0.297 e. The third kappa shape index (κ3) is 2.47. The van der Waals surface area contributed by atoms with Gasteiger partial charge in [-0.05, 0) is 25.0 Å². The van der Waals surface area contributed by atoms with Gasteiger partial charge in [-0.2, -0.15) is 0 Å². The summed E-state index contributed by atoms with van der Waals surface area (Å²) in [4.78, 5) is 5.04. The largest absolute Gasteiger partial charge is 0.297 e. The third-order valence-electron chi connectivity index (χ3n) is 4.60. The zero-order valence-electron chi connectivity index (χ0n) is 12.7. The second-order valence-electron chi connectivity index (χ2n) is 6.09. The summed E-state index contributed by atoms with van der Waals surface area (Å²) < 4.78 is 0. The summed E-state index contributed by atoms with van der Waals surface area (Å²) in [6.45, 7) is 0. The SMILES string of the molecule is c1ccc(NN2C(c3ccccc3)=N[C@H]3CCCC[C@@H]32)cc1. The fourth-order valence-electron chi connectivity index (χ4n) is 3.51. The van der Waals surface area contributed by atoms with Gasteiger partial charge in [0.1, 0.15) is 5.84 Å². The Morgan fingerprint density at radius 2 is 1.55 bits per heavy atom. The van der Waals surface area contributed by atoms with Crippen LogP contribution in [0.5, 0.6) is 0 Å². The molecule has 1 aliphatic carbocycles. The number of nitrogens with one attached hydrogen (secondary N) is 1. The molecule has 0 spiro atoms. The van der Waals surface area contributed by atoms with E-state index in [-0.39, 0.29) is 0 Å². The van der Waals surface area contributed by atoms with Gasteiger partial charge < -0.3 is 0 Å². The van der Waals surface area contributed by atoms with Crippen molar-refractivity contribution in [3.8, 4) is 0 Å². The van der Waals surface area contributed by atoms with Crippen molar-refractivity contribution in [2.75, 3.05) is 5.43 Å². The first-order valence-electron chi connectivity index (χ1n) is 8.16. The van der Waals surface area contributed by atoms with E-state index in [4.69, 9.17) is 4.99 Å². The number of hydrazine groups is 1. The molecule has 4 rings (SSSR count). The molecule has 1 N–H and O–H groups in total. The molecule has 1 heterocycles. The van der Waals surface area contributed by atoms with Crippen molar-refractivity contribution in [1.82, 2.24) is 5.01 Å². The molecule has 1 aliphatic heterocycles. The number of hydrogen-bond donors (Lipinski definition) is 1. The minimum atomic E-state index is 0.431. The van der Waals surface area contributed by atoms with E-state index < -0.39 is 0 Å². The summed E-state index contributed by atoms with van der Waals surface area (Å²) in [6.07, 6.45) is 5.01. The van der Waals surface area contributed by atoms with Crippen molar-refractivity contribution in [1.29, 1.82) is 0 Å². The highest BCUT2D eigenvalue weighted by Gasteiger charge is 2.38. The number of fused-ring (bicyclic) bond motifs is 1. The molecular formula is C19H21N3. The van der Waals surface area contributed by atoms with Crippen molar-refractivity contribution < 1.29 is 0 Å². The van der Waals surface area contributed by atoms with Gasteiger partial charge in [-0.25, -0.2) is 0 Å². The van der Waals surface area contributed by atoms with E-state index in [0.717, 1.165) is 11.5 Å². The summed E-state index contributed by atoms with van der Waals surface area (Å²) in [6, 6.07) is 21.8. The topological polar surface area (TPSA) is 27.6 Å². The summed E-state index contributed by atoms with van der Waals surface area (Å²) >= 11 is 0. The Bertz CT molecular complexity index is 651. The van der Waals surface area contributed by atoms with E-state index in [0.29, 0.717) is 12.1 Å². The molecule has 2 aromatic carbocycles. The molecule has 2 aliphatic rings. The van der Waals surface area contributed by atoms with Crippen LogP contribution in [0.3, 0.4) is 0 Å². The van der Waals surface area contributed by atoms with E-state index in [1.165, 1.54) is 31.2 Å². The summed E-state index contributed by atoms with van der Waals surface area (Å²) in [5, 5.41) is 2.30. The number of hydrogen-bond acceptors (Lipinski definition) is 3. The fraction of sp³-hybridized carbons (Fsp3) is 0.316. The van der Waals surface area contributed by atoms with Crippen LogP contribution in [-0.2, 0) is 0 Å². The van der Waals surface area contributed by atoms with E-state index in [1.807, 2.05) is 6.07 Å². The molecule has 1 saturated carbocycles. The Hall–Kier alpha value is -2.29. The molecule has 3 nitrogen and oxygen atoms in total. The lowest BCUT2D eigenvalue weighted by atomic mass is 9.91. The lowest BCUT2D eigenvalue weighted by Gasteiger charge is -2.33. The zero-order valence-corrected chi connectivity index (χ0v) is 12.7. The molecule has 0 amide bonds. The van der Waals surface area contributed by atoms with Crippen molar-refractivity contribution in [3.63, 3.8) is 0 Å². The number of rotatable bonds is 3. The van der Waals surface area contributed by atoms with Gasteiger partial charge in [-0.1, -0.05) is 61.4 Å². The van der Waals surface area contributed by atoms with Gasteiger partial charge in [0.05, 0.1) is 17.8 Å². The third-order valence-corrected chi connectivity index (χ3v) is 4.60. The van der Waals surface area contributed by atoms with Gasteiger partial charge in [0, 0.05) is 5.56 Å². The molecule has 1 fully saturated rings. The van der Waals surface area contributed by atoms with Gasteiger partial charge >= 0.3 is 0 Å². The van der Waals surface area contributed by atoms with Crippen molar-refractivity contribution in [2.24, 2.45) is 4.99 Å². The van der Waals surface area contributed by atoms with E-state index in [2.05, 4.69) is 65.0 Å². The molecule has 2 aromatic rings. The average Bonchev–Trinajstić information content (AvgIpc) is 2.95. The maximum atomic E-state index is 5.04. The standard InChI is InChI=1S/C19H21N3/c1-3-9-15(10-4-1)19-20-17-13-7-8-14-18(17)22(19)21-16-11-5-2-6-12-16/h1-6,9-12,17-18,21H,7-8,13-14H2/t17-,18-/m0/s1. The van der Waals surface area contributed by atoms with Crippen molar-refractivity contribution >= 4 is 11.5 Å². The molecule has 2 atom stereocenters. The van der Waals surface area contributed by atoms with Crippen LogP contribution in [0, 0.1) is 0 Å². The smallest absolute Gasteiger partial charge is 0.150 e. The molecule has 3 heteroatoms. The Labute approximate surface area is 131 Å². The Kier molecular flexibility index (Phi) is 3.55. The molecular weight excluding hydrogens is 270 g/mol. The van der Waals surface area contributed by atoms with E-state index >= 15 is 0 Å². The first-order chi connectivity index (χ1) is 10.9. The Morgan fingerprint density at radius 3 is 2.32 bits per heavy atom. The van der Waals surface area contributed by atoms with Crippen LogP contribution in [0.2, 0.25) is 0 Å². The molecule has 0 saturated heterocycles. The summed E-state index contributed by atoms with van der Waals surface area (Å²) in [5.74, 6) is 1.08. The van der Waals surface area contributed by atoms with Gasteiger partial charge in [0.15, 0.2) is 0 Å². The van der Waals surface area contributed by atoms with Crippen LogP contribution < -0.4 is 5.43 Å². The monoisotopic (exact) mass is 291 g/mol. The first kappa shape index (κ1) is 13.4. The molecule has 0 unspecified atom stereocenters. The number of nitrogens with zero attached hydrogens (tertiary/aromatic N) is 2. The Morgan fingerprint density at radius 1 is 0.864 bits per heavy atom. The number of benzene rings is 2. The molecule has 0 bridgehead atoms. The normalized spacial score (nSPS) is 23.8. The number of para-hydroxylation sites is 1. The van der Waals surface area contributed by atoms with Gasteiger partial charge in [0.2, 0.25) is 0 Å². The van der Waals surface area contributed by atoms with Crippen molar-refractivity contribution in [3.05, 3.63) is 66.2 Å². The zero-order chi connectivity index (χ0) is 14.8. The highest BCUT2D eigenvalue weighted by atomic mass is 15.6. The summed E-state index contributed by atoms with van der Waals surface area (Å²) in [5.41, 5.74) is 5.91. The second-order valence-corrected chi connectivity index (χ2v) is 6.09. The highest BCUT2D eigenvalue weighted by Crippen LogP contribution is 2.32. The summed E-state index contributed by atoms with van der Waals surface area (Å²) in [7, 11) is 0. The lowest BCUT2D eigenvalue weighted by molar-refractivity contribution is 0.274. The molecule has 0 radical (unpaired) electrons. The minimum absolute atomic E-state index is 0.431. The van der Waals surface area contributed by atoms with Crippen LogP contribution >= 0.6 is 0 Å². The van der Waals surface area contributed by atoms with Gasteiger partial charge in [-0.3, -0.25) is 15.4 Å². The maximum absolute atomic E-state index is 5.04. The van der Waals surface area contributed by atoms with Crippen molar-refractivity contribution in [2.45, 2.75) is 37.8 Å². The van der Waals surface area contributed by atoms with Crippen LogP contribution in [0.25, 0.3) is 0 Å². The van der Waals surface area contributed by atoms with E-state index in [1.54, 1.807) is 0 Å². The molecule has 112 valence electrons. The number of amidine groups is 1. The fourth-order valence-corrected chi connectivity index (χ4v) is 3.51. The van der Waals surface area contributed by atoms with Gasteiger partial charge in [0.25, 0.3) is 0 Å². The van der Waals surface area contributed by atoms with Crippen LogP contribution in [0.1, 0.15) is 31.2 Å². The lowest BCUT2D eigenvalue weighted by Crippen LogP contribution is -2.45. The average molecular weight is 291 g/mol. The predicted molar refractivity (Wildman–Crippen MR) is 90.9 cm³/mol. The molecule has 22 heavy (non-hydrogen) atoms. The first-order valence-corrected chi connectivity index (χ1v) is 8.16. The maximum Gasteiger partial charge on any atom is 0.150 e. The van der Waals surface area contributed by atoms with Crippen LogP contribution in [0.4, 0.5) is 5.69 Å². The highest BCUT2D eigenvalue weighted by molar-refractivity contribution is 6.01. The van der Waals surface area contributed by atoms with Crippen LogP contribution in [0.15, 0.2) is 65.7 Å². The predicted octanol–water partition coefficient (Wildman–Crippen LogP) is 4.09. The van der Waals surface area contributed by atoms with Gasteiger partial charge in [-0.15, -0.1) is 0 Å². The number of anilines is 1. The quantitative estimate of drug-likeness (QED) is 0.922. The van der Waals surface area contributed by atoms with E-state index in [9.17, 15) is 0 Å². The second kappa shape index (κ2) is 5.84. The number of aliphatic imine (C=N–C) groups is 1. The van der Waals surface area contributed by atoms with Crippen LogP contribution in [-0.4, -0.2) is 22.9 Å². The Balaban J connectivity index is 1.67.